The summed E-state index contributed by atoms with van der Waals surface area (Å²) in [7, 11) is -7.24. The van der Waals surface area contributed by atoms with E-state index in [9.17, 15) is 68.6 Å². The maximum atomic E-state index is 12.7. The van der Waals surface area contributed by atoms with Crippen LogP contribution in [0.2, 0.25) is 5.02 Å². The molecular weight excluding hydrogens is 999 g/mol. The molecule has 1 aromatic heterocycles. The monoisotopic (exact) mass is 1040 g/mol. The molecule has 4 rings (SSSR count). The number of hydrogen-bond donors (Lipinski definition) is 6. The highest BCUT2D eigenvalue weighted by atomic mass is 35.5. The summed E-state index contributed by atoms with van der Waals surface area (Å²) in [5, 5.41) is 23.0. The van der Waals surface area contributed by atoms with Crippen molar-refractivity contribution in [3.63, 3.8) is 0 Å². The van der Waals surface area contributed by atoms with Crippen molar-refractivity contribution in [2.75, 3.05) is 38.5 Å². The number of aromatic nitrogens is 3. The van der Waals surface area contributed by atoms with E-state index in [1.807, 2.05) is 0 Å². The van der Waals surface area contributed by atoms with Gasteiger partial charge in [-0.2, -0.15) is 41.3 Å². The highest BCUT2D eigenvalue weighted by molar-refractivity contribution is 7.90. The van der Waals surface area contributed by atoms with Crippen molar-refractivity contribution in [3.05, 3.63) is 98.3 Å². The molecule has 372 valence electrons. The number of amides is 2. The molecule has 0 unspecified atom stereocenters. The molecule has 6 N–H and O–H groups in total. The lowest BCUT2D eigenvalue weighted by molar-refractivity contribution is -0.385. The maximum absolute atomic E-state index is 12.7. The SMILES string of the molecule is CCOC(=O)COC(=O)c1cc(Oc2ccc(C(F)(F)F)cc2Cl)ccc1[N+](=O)[O-].COc1nc(C)nc(NC(=O)NS(=O)(=O)c2ccccc2CCC(F)(F)F)n1.O=C(O)CNCP(=O)(O)O. The van der Waals surface area contributed by atoms with Crippen LogP contribution in [-0.4, -0.2) is 106 Å². The van der Waals surface area contributed by atoms with Gasteiger partial charge in [-0.1, -0.05) is 29.8 Å². The van der Waals surface area contributed by atoms with E-state index < -0.39 is 113 Å². The molecule has 0 aliphatic heterocycles. The minimum atomic E-state index is -4.61. The zero-order chi connectivity index (χ0) is 51.6. The number of ether oxygens (including phenoxy) is 4. The number of hydrogen-bond acceptors (Lipinski definition) is 17. The fourth-order valence-electron chi connectivity index (χ4n) is 4.66. The van der Waals surface area contributed by atoms with E-state index in [0.29, 0.717) is 6.07 Å². The smallest absolute Gasteiger partial charge is 0.416 e. The van der Waals surface area contributed by atoms with Crippen molar-refractivity contribution < 1.29 is 97.3 Å². The van der Waals surface area contributed by atoms with Crippen molar-refractivity contribution >= 4 is 64.8 Å². The average molecular weight is 1040 g/mol. The molecule has 0 bridgehead atoms. The number of benzene rings is 3. The van der Waals surface area contributed by atoms with Crippen LogP contribution in [0.15, 0.2) is 65.6 Å². The van der Waals surface area contributed by atoms with E-state index in [-0.39, 0.29) is 46.5 Å². The van der Waals surface area contributed by atoms with Gasteiger partial charge in [-0.25, -0.2) is 27.5 Å². The van der Waals surface area contributed by atoms with Crippen molar-refractivity contribution in [3.8, 4) is 17.5 Å². The van der Waals surface area contributed by atoms with Crippen LogP contribution >= 0.6 is 19.2 Å². The number of anilines is 1. The number of methoxy groups -OCH3 is 1. The second-order valence-corrected chi connectivity index (χ2v) is 16.4. The Balaban J connectivity index is 0.000000390. The van der Waals surface area contributed by atoms with E-state index in [4.69, 9.17) is 40.7 Å². The van der Waals surface area contributed by atoms with Crippen LogP contribution in [-0.2, 0) is 46.2 Å². The molecule has 0 saturated carbocycles. The van der Waals surface area contributed by atoms with Gasteiger partial charge in [0.1, 0.15) is 22.9 Å². The Morgan fingerprint density at radius 2 is 1.62 bits per heavy atom. The van der Waals surface area contributed by atoms with E-state index >= 15 is 0 Å². The molecule has 3 aromatic carbocycles. The van der Waals surface area contributed by atoms with Crippen LogP contribution in [0.4, 0.5) is 42.8 Å². The Labute approximate surface area is 384 Å². The zero-order valence-corrected chi connectivity index (χ0v) is 37.4. The van der Waals surface area contributed by atoms with Crippen molar-refractivity contribution in [1.82, 2.24) is 25.0 Å². The van der Waals surface area contributed by atoms with Crippen LogP contribution in [0.25, 0.3) is 0 Å². The lowest BCUT2D eigenvalue weighted by atomic mass is 10.1. The van der Waals surface area contributed by atoms with Gasteiger partial charge in [0.05, 0.1) is 47.0 Å². The first-order valence-electron chi connectivity index (χ1n) is 18.3. The number of nitro benzene ring substituents is 1. The molecular formula is C36H37ClF6N7O16PS. The molecule has 0 radical (unpaired) electrons. The van der Waals surface area contributed by atoms with E-state index in [1.165, 1.54) is 39.2 Å². The predicted molar refractivity (Wildman–Crippen MR) is 220 cm³/mol. The van der Waals surface area contributed by atoms with E-state index in [1.54, 1.807) is 4.72 Å². The van der Waals surface area contributed by atoms with E-state index in [0.717, 1.165) is 36.4 Å². The Morgan fingerprint density at radius 1 is 0.956 bits per heavy atom. The van der Waals surface area contributed by atoms with E-state index in [2.05, 4.69) is 30.3 Å². The van der Waals surface area contributed by atoms with Crippen LogP contribution in [0.1, 0.15) is 40.7 Å². The molecule has 23 nitrogen and oxygen atoms in total. The summed E-state index contributed by atoms with van der Waals surface area (Å²) in [5.74, 6) is -3.55. The Hall–Kier alpha value is -6.72. The number of nitrogens with one attached hydrogen (secondary N) is 3. The van der Waals surface area contributed by atoms with Gasteiger partial charge in [-0.3, -0.25) is 30.1 Å². The van der Waals surface area contributed by atoms with Crippen LogP contribution < -0.4 is 24.8 Å². The van der Waals surface area contributed by atoms with Crippen molar-refractivity contribution in [1.29, 1.82) is 0 Å². The number of carboxylic acid groups (broad SMARTS) is 1. The summed E-state index contributed by atoms with van der Waals surface area (Å²) < 4.78 is 132. The fourth-order valence-corrected chi connectivity index (χ4v) is 6.46. The number of carboxylic acids is 1. The van der Waals surface area contributed by atoms with Crippen molar-refractivity contribution in [2.24, 2.45) is 0 Å². The molecule has 0 fully saturated rings. The van der Waals surface area contributed by atoms with Crippen LogP contribution in [0.5, 0.6) is 17.5 Å². The number of alkyl halides is 6. The summed E-state index contributed by atoms with van der Waals surface area (Å²) in [6, 6.07) is 9.16. The summed E-state index contributed by atoms with van der Waals surface area (Å²) >= 11 is 5.81. The summed E-state index contributed by atoms with van der Waals surface area (Å²) in [5.41, 5.74) is -2.23. The third-order valence-corrected chi connectivity index (χ3v) is 9.76. The normalized spacial score (nSPS) is 11.4. The first-order valence-corrected chi connectivity index (χ1v) is 22.0. The lowest BCUT2D eigenvalue weighted by Crippen LogP contribution is -2.35. The number of sulfonamides is 1. The van der Waals surface area contributed by atoms with Gasteiger partial charge in [-0.15, -0.1) is 0 Å². The summed E-state index contributed by atoms with van der Waals surface area (Å²) in [6.07, 6.45) is -11.4. The number of esters is 2. The Morgan fingerprint density at radius 3 is 2.18 bits per heavy atom. The molecule has 0 aliphatic rings. The van der Waals surface area contributed by atoms with Gasteiger partial charge in [0.25, 0.3) is 15.7 Å². The molecule has 0 aliphatic carbocycles. The Bertz CT molecular complexity index is 2610. The van der Waals surface area contributed by atoms with Crippen LogP contribution in [0.3, 0.4) is 0 Å². The molecule has 32 heteroatoms. The minimum Gasteiger partial charge on any atom is -0.480 e. The molecule has 0 saturated heterocycles. The first kappa shape index (κ1) is 57.4. The minimum absolute atomic E-state index is 0.0493. The molecule has 0 atom stereocenters. The van der Waals surface area contributed by atoms with Gasteiger partial charge in [-0.05, 0) is 56.2 Å². The zero-order valence-electron chi connectivity index (χ0n) is 35.0. The third-order valence-electron chi connectivity index (χ3n) is 7.39. The number of aryl methyl sites for hydroxylation is 2. The van der Waals surface area contributed by atoms with Crippen LogP contribution in [0, 0.1) is 17.0 Å². The highest BCUT2D eigenvalue weighted by Crippen LogP contribution is 2.37. The number of rotatable bonds is 17. The number of urea groups is 1. The molecule has 4 aromatic rings. The summed E-state index contributed by atoms with van der Waals surface area (Å²) in [4.78, 5) is 82.8. The first-order chi connectivity index (χ1) is 31.4. The quantitative estimate of drug-likeness (QED) is 0.0240. The number of aliphatic carboxylic acids is 1. The second-order valence-electron chi connectivity index (χ2n) is 12.7. The number of carbonyl (C=O) groups is 4. The molecule has 0 spiro atoms. The average Bonchev–Trinajstić information content (AvgIpc) is 3.21. The standard InChI is InChI=1S/C18H13ClF3NO7.C15H16F3N5O4S.C3H8NO5P/c1-2-28-16(24)9-29-17(25)12-8-11(4-5-14(12)23(26)27)30-15-6-3-10(7-13(15)19)18(20,21)22;1-9-19-12(22-14(20-9)27-2)21-13(24)23-28(25,26)11-6-4-3-5-10(11)7-8-15(16,17)18;5-3(6)1-4-2-10(7,8)9/h3-8H,2,9H2,1H3;3-6H,7-8H2,1-2H3,(H2,19,20,21,22,23,24);4H,1-2H2,(H,5,6)(H2,7,8,9). The Kier molecular flexibility index (Phi) is 21.5. The summed E-state index contributed by atoms with van der Waals surface area (Å²) in [6.45, 7) is 1.89. The van der Waals surface area contributed by atoms with Gasteiger partial charge in [0, 0.05) is 18.6 Å². The molecule has 1 heterocycles. The van der Waals surface area contributed by atoms with Gasteiger partial charge >= 0.3 is 49.9 Å². The largest absolute Gasteiger partial charge is 0.480 e. The topological polar surface area (TPSA) is 335 Å². The molecule has 68 heavy (non-hydrogen) atoms. The predicted octanol–water partition coefficient (Wildman–Crippen LogP) is 5.77. The lowest BCUT2D eigenvalue weighted by Gasteiger charge is -2.13. The second kappa shape index (κ2) is 25.4. The highest BCUT2D eigenvalue weighted by Gasteiger charge is 2.32. The molecule has 2 amide bonds. The van der Waals surface area contributed by atoms with Gasteiger partial charge < -0.3 is 33.8 Å². The number of carbonyl (C=O) groups excluding carboxylic acids is 3. The maximum Gasteiger partial charge on any atom is 0.416 e. The fraction of sp³-hybridized carbons (Fsp3) is 0.306. The van der Waals surface area contributed by atoms with Gasteiger partial charge in [0.15, 0.2) is 6.61 Å². The number of nitro groups is 1. The van der Waals surface area contributed by atoms with Gasteiger partial charge in [0.2, 0.25) is 5.95 Å². The number of halogens is 7. The number of nitrogens with zero attached hydrogens (tertiary/aromatic N) is 4. The third kappa shape index (κ3) is 20.8. The van der Waals surface area contributed by atoms with Crippen molar-refractivity contribution in [2.45, 2.75) is 43.9 Å².